The summed E-state index contributed by atoms with van der Waals surface area (Å²) in [4.78, 5) is 37.2. The van der Waals surface area contributed by atoms with Gasteiger partial charge in [0.25, 0.3) is 0 Å². The highest BCUT2D eigenvalue weighted by Crippen LogP contribution is 2.27. The molecule has 0 spiro atoms. The molecule has 122 valence electrons. The van der Waals surface area contributed by atoms with Gasteiger partial charge in [-0.3, -0.25) is 14.4 Å². The lowest BCUT2D eigenvalue weighted by atomic mass is 10.1. The lowest BCUT2D eigenvalue weighted by Gasteiger charge is -2.17. The van der Waals surface area contributed by atoms with Crippen molar-refractivity contribution >= 4 is 23.9 Å². The predicted molar refractivity (Wildman–Crippen MR) is 89.1 cm³/mol. The van der Waals surface area contributed by atoms with Crippen molar-refractivity contribution in [3.05, 3.63) is 59.7 Å². The summed E-state index contributed by atoms with van der Waals surface area (Å²) < 4.78 is 5.33. The summed E-state index contributed by atoms with van der Waals surface area (Å²) >= 11 is 0. The van der Waals surface area contributed by atoms with E-state index in [0.29, 0.717) is 11.8 Å². The lowest BCUT2D eigenvalue weighted by Crippen LogP contribution is -2.27. The van der Waals surface area contributed by atoms with Gasteiger partial charge in [0, 0.05) is 18.7 Å². The van der Waals surface area contributed by atoms with Crippen molar-refractivity contribution in [1.82, 2.24) is 0 Å². The fraction of sp³-hybridized carbons (Fsp3) is 0.211. The van der Waals surface area contributed by atoms with E-state index in [1.807, 2.05) is 31.2 Å². The first-order valence-electron chi connectivity index (χ1n) is 7.71. The molecule has 1 fully saturated rings. The number of carbonyl (C=O) groups is 3. The molecule has 0 radical (unpaired) electrons. The zero-order valence-corrected chi connectivity index (χ0v) is 13.3. The van der Waals surface area contributed by atoms with E-state index in [-0.39, 0.29) is 24.6 Å². The molecule has 0 N–H and O–H groups in total. The summed E-state index contributed by atoms with van der Waals surface area (Å²) in [6.07, 6.45) is 0.748. The van der Waals surface area contributed by atoms with E-state index in [9.17, 15) is 14.4 Å². The van der Waals surface area contributed by atoms with Crippen LogP contribution in [0.1, 0.15) is 22.3 Å². The van der Waals surface area contributed by atoms with Crippen LogP contribution in [0, 0.1) is 12.8 Å². The van der Waals surface area contributed by atoms with Crippen molar-refractivity contribution in [2.24, 2.45) is 5.92 Å². The molecule has 3 rings (SSSR count). The highest BCUT2D eigenvalue weighted by atomic mass is 16.5. The molecular weight excluding hydrogens is 306 g/mol. The third kappa shape index (κ3) is 3.20. The molecule has 0 aromatic heterocycles. The highest BCUT2D eigenvalue weighted by molar-refractivity contribution is 6.00. The van der Waals surface area contributed by atoms with Gasteiger partial charge in [-0.2, -0.15) is 0 Å². The number of amides is 1. The van der Waals surface area contributed by atoms with Crippen LogP contribution in [0.2, 0.25) is 0 Å². The average molecular weight is 323 g/mol. The SMILES string of the molecule is Cc1cccc(N2C[C@H](C(=O)Oc3ccccc3C=O)CC2=O)c1. The minimum atomic E-state index is -0.544. The number of hydrogen-bond donors (Lipinski definition) is 0. The Morgan fingerprint density at radius 1 is 1.21 bits per heavy atom. The molecule has 0 unspecified atom stereocenters. The van der Waals surface area contributed by atoms with Crippen LogP contribution in [0.5, 0.6) is 5.75 Å². The standard InChI is InChI=1S/C19H17NO4/c1-13-5-4-7-16(9-13)20-11-15(10-18(20)22)19(23)24-17-8-3-2-6-14(17)12-21/h2-9,12,15H,10-11H2,1H3/t15-/m1/s1. The van der Waals surface area contributed by atoms with Gasteiger partial charge in [-0.25, -0.2) is 0 Å². The van der Waals surface area contributed by atoms with E-state index in [1.165, 1.54) is 0 Å². The third-order valence-corrected chi connectivity index (χ3v) is 4.03. The molecule has 1 aliphatic heterocycles. The van der Waals surface area contributed by atoms with Gasteiger partial charge >= 0.3 is 5.97 Å². The van der Waals surface area contributed by atoms with Crippen molar-refractivity contribution in [2.75, 3.05) is 11.4 Å². The lowest BCUT2D eigenvalue weighted by molar-refractivity contribution is -0.139. The van der Waals surface area contributed by atoms with Crippen LogP contribution in [0.25, 0.3) is 0 Å². The number of para-hydroxylation sites is 1. The third-order valence-electron chi connectivity index (χ3n) is 4.03. The molecule has 0 saturated carbocycles. The minimum absolute atomic E-state index is 0.105. The first-order chi connectivity index (χ1) is 11.6. The molecule has 5 heteroatoms. The van der Waals surface area contributed by atoms with Crippen molar-refractivity contribution < 1.29 is 19.1 Å². The highest BCUT2D eigenvalue weighted by Gasteiger charge is 2.36. The summed E-state index contributed by atoms with van der Waals surface area (Å²) in [5.41, 5.74) is 2.14. The van der Waals surface area contributed by atoms with Gasteiger partial charge in [0.15, 0.2) is 6.29 Å². The number of esters is 1. The van der Waals surface area contributed by atoms with E-state index < -0.39 is 11.9 Å². The normalized spacial score (nSPS) is 17.0. The van der Waals surface area contributed by atoms with Crippen molar-refractivity contribution in [3.63, 3.8) is 0 Å². The van der Waals surface area contributed by atoms with Crippen LogP contribution in [0.15, 0.2) is 48.5 Å². The van der Waals surface area contributed by atoms with Crippen molar-refractivity contribution in [3.8, 4) is 5.75 Å². The second-order valence-corrected chi connectivity index (χ2v) is 5.82. The van der Waals surface area contributed by atoms with E-state index in [0.717, 1.165) is 11.3 Å². The van der Waals surface area contributed by atoms with E-state index in [1.54, 1.807) is 29.2 Å². The fourth-order valence-electron chi connectivity index (χ4n) is 2.77. The Labute approximate surface area is 139 Å². The predicted octanol–water partition coefficient (Wildman–Crippen LogP) is 2.77. The number of ether oxygens (including phenoxy) is 1. The van der Waals surface area contributed by atoms with Gasteiger partial charge in [0.2, 0.25) is 5.91 Å². The second-order valence-electron chi connectivity index (χ2n) is 5.82. The quantitative estimate of drug-likeness (QED) is 0.493. The summed E-state index contributed by atoms with van der Waals surface area (Å²) in [5, 5.41) is 0. The number of aldehydes is 1. The Morgan fingerprint density at radius 3 is 2.75 bits per heavy atom. The van der Waals surface area contributed by atoms with E-state index in [4.69, 9.17) is 4.74 Å². The topological polar surface area (TPSA) is 63.7 Å². The van der Waals surface area contributed by atoms with Crippen molar-refractivity contribution in [2.45, 2.75) is 13.3 Å². The van der Waals surface area contributed by atoms with Gasteiger partial charge in [0.05, 0.1) is 11.5 Å². The molecular formula is C19H17NO4. The maximum absolute atomic E-state index is 12.4. The summed E-state index contributed by atoms with van der Waals surface area (Å²) in [5.74, 6) is -0.921. The first kappa shape index (κ1) is 15.9. The number of aryl methyl sites for hydroxylation is 1. The fourth-order valence-corrected chi connectivity index (χ4v) is 2.77. The molecule has 0 aliphatic carbocycles. The van der Waals surface area contributed by atoms with Gasteiger partial charge in [-0.1, -0.05) is 24.3 Å². The van der Waals surface area contributed by atoms with Crippen LogP contribution >= 0.6 is 0 Å². The molecule has 0 bridgehead atoms. The molecule has 1 amide bonds. The van der Waals surface area contributed by atoms with Gasteiger partial charge in [0.1, 0.15) is 5.75 Å². The zero-order chi connectivity index (χ0) is 17.1. The van der Waals surface area contributed by atoms with Gasteiger partial charge in [-0.05, 0) is 36.8 Å². The smallest absolute Gasteiger partial charge is 0.316 e. The summed E-state index contributed by atoms with van der Waals surface area (Å²) in [6, 6.07) is 14.1. The Bertz CT molecular complexity index is 799. The van der Waals surface area contributed by atoms with E-state index >= 15 is 0 Å². The van der Waals surface area contributed by atoms with Gasteiger partial charge in [-0.15, -0.1) is 0 Å². The number of nitrogens with zero attached hydrogens (tertiary/aromatic N) is 1. The molecule has 1 aliphatic rings. The van der Waals surface area contributed by atoms with Gasteiger partial charge < -0.3 is 9.64 Å². The number of rotatable bonds is 4. The van der Waals surface area contributed by atoms with E-state index in [2.05, 4.69) is 0 Å². The monoisotopic (exact) mass is 323 g/mol. The molecule has 1 saturated heterocycles. The summed E-state index contributed by atoms with van der Waals surface area (Å²) in [6.45, 7) is 2.23. The zero-order valence-electron chi connectivity index (χ0n) is 13.3. The molecule has 2 aromatic carbocycles. The minimum Gasteiger partial charge on any atom is -0.425 e. The average Bonchev–Trinajstić information content (AvgIpc) is 2.97. The van der Waals surface area contributed by atoms with Crippen LogP contribution < -0.4 is 9.64 Å². The van der Waals surface area contributed by atoms with Crippen LogP contribution in [-0.4, -0.2) is 24.7 Å². The maximum Gasteiger partial charge on any atom is 0.316 e. The van der Waals surface area contributed by atoms with Crippen LogP contribution in [0.4, 0.5) is 5.69 Å². The Kier molecular flexibility index (Phi) is 4.42. The number of hydrogen-bond acceptors (Lipinski definition) is 4. The number of anilines is 1. The first-order valence-corrected chi connectivity index (χ1v) is 7.71. The number of carbonyl (C=O) groups excluding carboxylic acids is 3. The molecule has 24 heavy (non-hydrogen) atoms. The Balaban J connectivity index is 1.73. The number of benzene rings is 2. The molecule has 5 nitrogen and oxygen atoms in total. The van der Waals surface area contributed by atoms with Crippen molar-refractivity contribution in [1.29, 1.82) is 0 Å². The Hall–Kier alpha value is -2.95. The van der Waals surface area contributed by atoms with Crippen LogP contribution in [-0.2, 0) is 9.59 Å². The summed E-state index contributed by atoms with van der Waals surface area (Å²) in [7, 11) is 0. The molecule has 2 aromatic rings. The van der Waals surface area contributed by atoms with Crippen LogP contribution in [0.3, 0.4) is 0 Å². The Morgan fingerprint density at radius 2 is 2.00 bits per heavy atom. The molecule has 1 atom stereocenters. The molecule has 1 heterocycles. The second kappa shape index (κ2) is 6.66. The largest absolute Gasteiger partial charge is 0.425 e. The maximum atomic E-state index is 12.4.